The number of amides is 7. The quantitative estimate of drug-likeness (QED) is 0.0288. The third-order valence-corrected chi connectivity index (χ3v) is 11.8. The van der Waals surface area contributed by atoms with Crippen LogP contribution >= 0.6 is 0 Å². The molecule has 0 radical (unpaired) electrons. The van der Waals surface area contributed by atoms with Gasteiger partial charge in [-0.25, -0.2) is 9.78 Å². The Morgan fingerprint density at radius 2 is 1.51 bits per heavy atom. The van der Waals surface area contributed by atoms with Crippen molar-refractivity contribution >= 4 is 59.2 Å². The molecule has 1 aliphatic heterocycles. The Morgan fingerprint density at radius 1 is 0.875 bits per heavy atom. The molecule has 25 heteroatoms. The van der Waals surface area contributed by atoms with Crippen LogP contribution in [-0.2, 0) is 51.2 Å². The molecule has 1 aromatic heterocycles. The van der Waals surface area contributed by atoms with E-state index in [4.69, 9.17) is 22.9 Å². The molecule has 72 heavy (non-hydrogen) atoms. The summed E-state index contributed by atoms with van der Waals surface area (Å²) < 4.78 is 0. The molecule has 7 amide bonds. The number of aromatic hydroxyl groups is 1. The molecule has 1 saturated heterocycles. The van der Waals surface area contributed by atoms with Crippen molar-refractivity contribution < 1.29 is 48.6 Å². The molecule has 16 N–H and O–H groups in total. The molecule has 2 heterocycles. The Kier molecular flexibility index (Phi) is 22.9. The number of benzene rings is 1. The standard InChI is InChI=1S/C47H75N15O10/c1-26(2)21-34(44(71)72)59-41(68)37(47(4,5)6)60-39(66)33(22-28-14-16-30(64)17-15-28)58-40(67)35-13-10-20-62(35)43(70)36(12-9-18-53-45(49)50)61(7)42(69)32(11-8-19-54-46(51)56-27(3)63)57-38(65)31(48)23-29-24-52-25-55-29/h14-17,24-26,31-37,64H,8-13,18-23,48H2,1-7H3,(H,52,55)(H,57,65)(H,58,67)(H,59,68)(H,60,66)(H,71,72)(H4,49,50,53)(H3,51,54,56,63)/t31-,32-,33-,34-,35-,36-,37+/m0/s1. The number of hydrogen-bond acceptors (Lipinski definition) is 13. The number of carbonyl (C=O) groups is 8. The van der Waals surface area contributed by atoms with Crippen molar-refractivity contribution in [1.82, 2.24) is 46.4 Å². The fraction of sp³-hybridized carbons (Fsp3) is 0.596. The van der Waals surface area contributed by atoms with E-state index < -0.39 is 95.0 Å². The number of likely N-dealkylation sites (tertiary alicyclic amines) is 1. The maximum absolute atomic E-state index is 14.9. The number of carboxylic acids is 1. The summed E-state index contributed by atoms with van der Waals surface area (Å²) in [5.74, 6) is -6.28. The molecule has 0 unspecified atom stereocenters. The summed E-state index contributed by atoms with van der Waals surface area (Å²) in [7, 11) is 1.40. The summed E-state index contributed by atoms with van der Waals surface area (Å²) in [6, 6.07) is -2.59. The van der Waals surface area contributed by atoms with Gasteiger partial charge in [0.15, 0.2) is 11.9 Å². The number of aliphatic imine (C=N–C) groups is 2. The van der Waals surface area contributed by atoms with E-state index in [1.54, 1.807) is 32.9 Å². The Labute approximate surface area is 419 Å². The van der Waals surface area contributed by atoms with Crippen LogP contribution in [0.15, 0.2) is 46.8 Å². The minimum Gasteiger partial charge on any atom is -0.508 e. The first-order valence-electron chi connectivity index (χ1n) is 23.9. The number of aliphatic carboxylic acids is 1. The number of carbonyl (C=O) groups excluding carboxylic acids is 7. The van der Waals surface area contributed by atoms with Gasteiger partial charge < -0.3 is 69.2 Å². The Bertz CT molecular complexity index is 2230. The van der Waals surface area contributed by atoms with Crippen molar-refractivity contribution in [2.24, 2.45) is 44.3 Å². The van der Waals surface area contributed by atoms with Gasteiger partial charge in [0, 0.05) is 58.3 Å². The van der Waals surface area contributed by atoms with E-state index in [9.17, 15) is 48.6 Å². The summed E-state index contributed by atoms with van der Waals surface area (Å²) in [5, 5.41) is 33.0. The number of guanidine groups is 2. The molecule has 0 aliphatic carbocycles. The average molecular weight is 1010 g/mol. The zero-order valence-corrected chi connectivity index (χ0v) is 42.3. The number of likely N-dealkylation sites (N-methyl/N-ethyl adjacent to an activating group) is 1. The Balaban J connectivity index is 1.97. The lowest BCUT2D eigenvalue weighted by atomic mass is 9.85. The zero-order chi connectivity index (χ0) is 53.9. The van der Waals surface area contributed by atoms with Crippen LogP contribution in [-0.4, -0.2) is 158 Å². The highest BCUT2D eigenvalue weighted by Gasteiger charge is 2.42. The number of carboxylic acid groups (broad SMARTS) is 1. The molecular weight excluding hydrogens is 935 g/mol. The van der Waals surface area contributed by atoms with Gasteiger partial charge in [0.25, 0.3) is 0 Å². The first-order valence-corrected chi connectivity index (χ1v) is 23.9. The van der Waals surface area contributed by atoms with Crippen LogP contribution < -0.4 is 49.5 Å². The van der Waals surface area contributed by atoms with Gasteiger partial charge in [0.05, 0.1) is 12.4 Å². The molecule has 1 aliphatic rings. The number of hydrogen-bond donors (Lipinski definition) is 12. The molecule has 1 fully saturated rings. The summed E-state index contributed by atoms with van der Waals surface area (Å²) in [6.45, 7) is 10.2. The predicted octanol–water partition coefficient (Wildman–Crippen LogP) is -1.55. The molecule has 0 spiro atoms. The summed E-state index contributed by atoms with van der Waals surface area (Å²) in [4.78, 5) is 127. The number of imidazole rings is 1. The predicted molar refractivity (Wildman–Crippen MR) is 267 cm³/mol. The molecule has 2 aromatic rings. The van der Waals surface area contributed by atoms with E-state index in [0.29, 0.717) is 17.7 Å². The van der Waals surface area contributed by atoms with Gasteiger partial charge in [-0.15, -0.1) is 0 Å². The maximum atomic E-state index is 14.9. The van der Waals surface area contributed by atoms with Gasteiger partial charge in [0.1, 0.15) is 42.0 Å². The molecular formula is C47H75N15O10. The highest BCUT2D eigenvalue weighted by molar-refractivity contribution is 5.98. The third kappa shape index (κ3) is 19.1. The topological polar surface area (TPSA) is 401 Å². The zero-order valence-electron chi connectivity index (χ0n) is 42.3. The number of nitrogens with zero attached hydrogens (tertiary/aromatic N) is 5. The van der Waals surface area contributed by atoms with E-state index in [-0.39, 0.29) is 94.6 Å². The van der Waals surface area contributed by atoms with Crippen LogP contribution in [0.1, 0.15) is 97.7 Å². The lowest BCUT2D eigenvalue weighted by Crippen LogP contribution is -2.61. The first kappa shape index (κ1) is 59.0. The molecule has 0 saturated carbocycles. The number of aromatic nitrogens is 2. The van der Waals surface area contributed by atoms with Crippen molar-refractivity contribution in [3.05, 3.63) is 48.0 Å². The fourth-order valence-corrected chi connectivity index (χ4v) is 8.06. The number of nitrogens with one attached hydrogen (secondary N) is 6. The first-order chi connectivity index (χ1) is 33.8. The minimum absolute atomic E-state index is 0.00645. The van der Waals surface area contributed by atoms with E-state index >= 15 is 0 Å². The van der Waals surface area contributed by atoms with Crippen LogP contribution in [0.25, 0.3) is 0 Å². The van der Waals surface area contributed by atoms with Gasteiger partial charge in [-0.2, -0.15) is 0 Å². The highest BCUT2D eigenvalue weighted by Crippen LogP contribution is 2.24. The van der Waals surface area contributed by atoms with Crippen LogP contribution in [0.4, 0.5) is 0 Å². The van der Waals surface area contributed by atoms with Gasteiger partial charge in [0.2, 0.25) is 41.4 Å². The molecule has 3 rings (SSSR count). The van der Waals surface area contributed by atoms with Crippen LogP contribution in [0.3, 0.4) is 0 Å². The van der Waals surface area contributed by atoms with Gasteiger partial charge in [-0.3, -0.25) is 48.9 Å². The lowest BCUT2D eigenvalue weighted by molar-refractivity contribution is -0.149. The van der Waals surface area contributed by atoms with E-state index in [0.717, 1.165) is 0 Å². The van der Waals surface area contributed by atoms with Crippen molar-refractivity contribution in [3.63, 3.8) is 0 Å². The van der Waals surface area contributed by atoms with Crippen LogP contribution in [0.2, 0.25) is 0 Å². The van der Waals surface area contributed by atoms with E-state index in [2.05, 4.69) is 46.5 Å². The molecule has 398 valence electrons. The van der Waals surface area contributed by atoms with Crippen LogP contribution in [0.5, 0.6) is 5.75 Å². The number of rotatable bonds is 26. The minimum atomic E-state index is -1.34. The normalized spacial score (nSPS) is 16.3. The summed E-state index contributed by atoms with van der Waals surface area (Å²) in [6.07, 6.45) is 4.01. The van der Waals surface area contributed by atoms with Crippen LogP contribution in [0, 0.1) is 11.3 Å². The van der Waals surface area contributed by atoms with Gasteiger partial charge in [-0.05, 0) is 74.0 Å². The average Bonchev–Trinajstić information content (AvgIpc) is 4.01. The number of nitrogens with two attached hydrogens (primary N) is 4. The van der Waals surface area contributed by atoms with Crippen molar-refractivity contribution in [2.45, 2.75) is 142 Å². The summed E-state index contributed by atoms with van der Waals surface area (Å²) >= 11 is 0. The van der Waals surface area contributed by atoms with Crippen molar-refractivity contribution in [1.29, 1.82) is 0 Å². The molecule has 1 aromatic carbocycles. The van der Waals surface area contributed by atoms with Crippen molar-refractivity contribution in [2.75, 3.05) is 26.7 Å². The Morgan fingerprint density at radius 3 is 2.10 bits per heavy atom. The SMILES string of the molecule is CC(=O)NC(N)=NCCC[C@H](NC(=O)[C@@H](N)Cc1cnc[nH]1)C(=O)N(C)[C@@H](CCCN=C(N)N)C(=O)N1CCC[C@H]1C(=O)N[C@@H](Cc1ccc(O)cc1)C(=O)N[C@H](C(=O)N[C@@H](CC(C)C)C(=O)O)C(C)(C)C. The highest BCUT2D eigenvalue weighted by atomic mass is 16.4. The number of H-pyrrole nitrogens is 1. The maximum Gasteiger partial charge on any atom is 0.326 e. The second kappa shape index (κ2) is 27.9. The number of phenolic OH excluding ortho intramolecular Hbond substituents is 1. The molecule has 7 atom stereocenters. The fourth-order valence-electron chi connectivity index (χ4n) is 8.06. The van der Waals surface area contributed by atoms with E-state index in [1.807, 2.05) is 13.8 Å². The largest absolute Gasteiger partial charge is 0.508 e. The second-order valence-corrected chi connectivity index (χ2v) is 19.4. The lowest BCUT2D eigenvalue weighted by Gasteiger charge is -2.35. The molecule has 0 bridgehead atoms. The number of phenols is 1. The van der Waals surface area contributed by atoms with Gasteiger partial charge >= 0.3 is 5.97 Å². The Hall–Kier alpha value is -7.31. The van der Waals surface area contributed by atoms with E-state index in [1.165, 1.54) is 48.4 Å². The number of aromatic amines is 1. The molecule has 25 nitrogen and oxygen atoms in total. The van der Waals surface area contributed by atoms with Gasteiger partial charge in [-0.1, -0.05) is 46.8 Å². The van der Waals surface area contributed by atoms with Crippen molar-refractivity contribution in [3.8, 4) is 5.75 Å². The monoisotopic (exact) mass is 1010 g/mol. The second-order valence-electron chi connectivity index (χ2n) is 19.4. The smallest absolute Gasteiger partial charge is 0.326 e. The third-order valence-electron chi connectivity index (χ3n) is 11.8. The summed E-state index contributed by atoms with van der Waals surface area (Å²) in [5.41, 5.74) is 23.3.